The zero-order valence-electron chi connectivity index (χ0n) is 10.8. The van der Waals surface area contributed by atoms with Gasteiger partial charge in [0.1, 0.15) is 6.17 Å². The second-order valence-corrected chi connectivity index (χ2v) is 5.32. The van der Waals surface area contributed by atoms with E-state index in [9.17, 15) is 9.18 Å². The van der Waals surface area contributed by atoms with Gasteiger partial charge in [-0.1, -0.05) is 6.07 Å². The van der Waals surface area contributed by atoms with Crippen LogP contribution in [0.3, 0.4) is 0 Å². The second kappa shape index (κ2) is 5.29. The molecule has 102 valence electrons. The second-order valence-electron chi connectivity index (χ2n) is 5.32. The Morgan fingerprint density at radius 3 is 2.74 bits per heavy atom. The Morgan fingerprint density at radius 1 is 1.21 bits per heavy atom. The minimum absolute atomic E-state index is 0.0785. The summed E-state index contributed by atoms with van der Waals surface area (Å²) in [5, 5.41) is 2.71. The number of aryl methyl sites for hydroxylation is 2. The summed E-state index contributed by atoms with van der Waals surface area (Å²) in [5.41, 5.74) is 3.23. The first-order chi connectivity index (χ1) is 9.24. The number of alkyl halides is 1. The number of carbonyl (C=O) groups excluding carboxylic acids is 1. The Hall–Kier alpha value is -1.42. The molecular formula is C15H18FNO2. The van der Waals surface area contributed by atoms with Gasteiger partial charge in [-0.3, -0.25) is 4.79 Å². The average Bonchev–Trinajstić information content (AvgIpc) is 2.84. The van der Waals surface area contributed by atoms with Crippen LogP contribution in [0.2, 0.25) is 0 Å². The molecule has 1 heterocycles. The highest BCUT2D eigenvalue weighted by Crippen LogP contribution is 2.22. The molecule has 0 saturated carbocycles. The van der Waals surface area contributed by atoms with Gasteiger partial charge in [0.15, 0.2) is 0 Å². The molecule has 1 N–H and O–H groups in total. The molecule has 3 rings (SSSR count). The van der Waals surface area contributed by atoms with Crippen molar-refractivity contribution >= 4 is 5.91 Å². The predicted octanol–water partition coefficient (Wildman–Crippen LogP) is 2.03. The highest BCUT2D eigenvalue weighted by molar-refractivity contribution is 5.94. The number of carbonyl (C=O) groups is 1. The van der Waals surface area contributed by atoms with Crippen LogP contribution in [0.1, 0.15) is 34.3 Å². The maximum atomic E-state index is 13.4. The molecule has 19 heavy (non-hydrogen) atoms. The number of ether oxygens (including phenoxy) is 1. The van der Waals surface area contributed by atoms with Gasteiger partial charge in [0.05, 0.1) is 19.3 Å². The van der Waals surface area contributed by atoms with E-state index in [1.165, 1.54) is 24.0 Å². The van der Waals surface area contributed by atoms with Gasteiger partial charge in [-0.05, 0) is 48.9 Å². The average molecular weight is 263 g/mol. The van der Waals surface area contributed by atoms with Crippen LogP contribution < -0.4 is 5.32 Å². The number of benzene rings is 1. The van der Waals surface area contributed by atoms with Crippen LogP contribution in [0.4, 0.5) is 4.39 Å². The third kappa shape index (κ3) is 2.63. The predicted molar refractivity (Wildman–Crippen MR) is 70.1 cm³/mol. The Kier molecular flexibility index (Phi) is 3.51. The molecule has 0 aromatic heterocycles. The van der Waals surface area contributed by atoms with Crippen molar-refractivity contribution in [2.45, 2.75) is 37.9 Å². The first kappa shape index (κ1) is 12.6. The molecule has 1 amide bonds. The SMILES string of the molecule is O=C(NC1COCC1F)c1ccc2c(c1)CCCC2. The molecule has 0 bridgehead atoms. The Labute approximate surface area is 112 Å². The summed E-state index contributed by atoms with van der Waals surface area (Å²) in [6, 6.07) is 5.31. The number of nitrogens with one attached hydrogen (secondary N) is 1. The van der Waals surface area contributed by atoms with Crippen LogP contribution in [0.5, 0.6) is 0 Å². The topological polar surface area (TPSA) is 38.3 Å². The minimum atomic E-state index is -1.10. The van der Waals surface area contributed by atoms with Gasteiger partial charge in [0.2, 0.25) is 0 Å². The number of hydrogen-bond acceptors (Lipinski definition) is 2. The van der Waals surface area contributed by atoms with E-state index in [-0.39, 0.29) is 19.1 Å². The fourth-order valence-electron chi connectivity index (χ4n) is 2.79. The summed E-state index contributed by atoms with van der Waals surface area (Å²) >= 11 is 0. The zero-order valence-corrected chi connectivity index (χ0v) is 10.8. The molecule has 2 unspecified atom stereocenters. The number of hydrogen-bond donors (Lipinski definition) is 1. The molecule has 1 aliphatic carbocycles. The molecule has 2 aliphatic rings. The van der Waals surface area contributed by atoms with Gasteiger partial charge in [0.25, 0.3) is 5.91 Å². The molecule has 1 fully saturated rings. The Morgan fingerprint density at radius 2 is 2.00 bits per heavy atom. The molecule has 0 spiro atoms. The van der Waals surface area contributed by atoms with Crippen LogP contribution in [0.15, 0.2) is 18.2 Å². The van der Waals surface area contributed by atoms with E-state index < -0.39 is 12.2 Å². The summed E-state index contributed by atoms with van der Waals surface area (Å²) in [6.45, 7) is 0.340. The van der Waals surface area contributed by atoms with Crippen molar-refractivity contribution in [2.24, 2.45) is 0 Å². The minimum Gasteiger partial charge on any atom is -0.376 e. The van der Waals surface area contributed by atoms with Crippen molar-refractivity contribution in [3.63, 3.8) is 0 Å². The van der Waals surface area contributed by atoms with Crippen molar-refractivity contribution in [3.8, 4) is 0 Å². The number of halogens is 1. The maximum Gasteiger partial charge on any atom is 0.251 e. The standard InChI is InChI=1S/C15H18FNO2/c16-13-8-19-9-14(13)17-15(18)12-6-5-10-3-1-2-4-11(10)7-12/h5-7,13-14H,1-4,8-9H2,(H,17,18). The lowest BCUT2D eigenvalue weighted by molar-refractivity contribution is 0.0920. The largest absolute Gasteiger partial charge is 0.376 e. The van der Waals surface area contributed by atoms with Gasteiger partial charge < -0.3 is 10.1 Å². The molecule has 0 radical (unpaired) electrons. The smallest absolute Gasteiger partial charge is 0.251 e. The monoisotopic (exact) mass is 263 g/mol. The molecule has 1 saturated heterocycles. The lowest BCUT2D eigenvalue weighted by Gasteiger charge is -2.17. The lowest BCUT2D eigenvalue weighted by atomic mass is 9.90. The van der Waals surface area contributed by atoms with E-state index in [1.807, 2.05) is 18.2 Å². The van der Waals surface area contributed by atoms with Crippen LogP contribution in [0, 0.1) is 0 Å². The van der Waals surface area contributed by atoms with E-state index in [1.54, 1.807) is 0 Å². The molecule has 4 heteroatoms. The summed E-state index contributed by atoms with van der Waals surface area (Å²) in [6.07, 6.45) is 3.44. The Balaban J connectivity index is 1.72. The zero-order chi connectivity index (χ0) is 13.2. The van der Waals surface area contributed by atoms with Crippen molar-refractivity contribution in [2.75, 3.05) is 13.2 Å². The molecule has 2 atom stereocenters. The third-order valence-electron chi connectivity index (χ3n) is 3.94. The van der Waals surface area contributed by atoms with Crippen LogP contribution in [0.25, 0.3) is 0 Å². The van der Waals surface area contributed by atoms with Crippen LogP contribution in [-0.4, -0.2) is 31.3 Å². The maximum absolute atomic E-state index is 13.4. The number of fused-ring (bicyclic) bond motifs is 1. The normalized spacial score (nSPS) is 25.9. The van der Waals surface area contributed by atoms with Crippen molar-refractivity contribution in [1.29, 1.82) is 0 Å². The fourth-order valence-corrected chi connectivity index (χ4v) is 2.79. The Bertz CT molecular complexity index is 489. The van der Waals surface area contributed by atoms with E-state index in [4.69, 9.17) is 4.74 Å². The first-order valence-corrected chi connectivity index (χ1v) is 6.88. The molecule has 1 aliphatic heterocycles. The van der Waals surface area contributed by atoms with Crippen molar-refractivity contribution < 1.29 is 13.9 Å². The summed E-state index contributed by atoms with van der Waals surface area (Å²) in [5.74, 6) is -0.202. The van der Waals surface area contributed by atoms with Crippen LogP contribution >= 0.6 is 0 Å². The first-order valence-electron chi connectivity index (χ1n) is 6.88. The molecular weight excluding hydrogens is 245 g/mol. The van der Waals surface area contributed by atoms with Crippen molar-refractivity contribution in [3.05, 3.63) is 34.9 Å². The number of rotatable bonds is 2. The quantitative estimate of drug-likeness (QED) is 0.886. The van der Waals surface area contributed by atoms with Gasteiger partial charge in [-0.15, -0.1) is 0 Å². The highest BCUT2D eigenvalue weighted by atomic mass is 19.1. The van der Waals surface area contributed by atoms with E-state index >= 15 is 0 Å². The van der Waals surface area contributed by atoms with E-state index in [0.717, 1.165) is 12.8 Å². The summed E-state index contributed by atoms with van der Waals surface area (Å²) in [4.78, 5) is 12.1. The lowest BCUT2D eigenvalue weighted by Crippen LogP contribution is -2.40. The summed E-state index contributed by atoms with van der Waals surface area (Å²) < 4.78 is 18.4. The molecule has 1 aromatic carbocycles. The van der Waals surface area contributed by atoms with E-state index in [0.29, 0.717) is 5.56 Å². The van der Waals surface area contributed by atoms with Gasteiger partial charge in [-0.25, -0.2) is 4.39 Å². The molecule has 1 aromatic rings. The van der Waals surface area contributed by atoms with Gasteiger partial charge >= 0.3 is 0 Å². The van der Waals surface area contributed by atoms with E-state index in [2.05, 4.69) is 5.32 Å². The summed E-state index contributed by atoms with van der Waals surface area (Å²) in [7, 11) is 0. The number of amides is 1. The van der Waals surface area contributed by atoms with Gasteiger partial charge in [0, 0.05) is 5.56 Å². The highest BCUT2D eigenvalue weighted by Gasteiger charge is 2.29. The van der Waals surface area contributed by atoms with Gasteiger partial charge in [-0.2, -0.15) is 0 Å². The van der Waals surface area contributed by atoms with Crippen molar-refractivity contribution in [1.82, 2.24) is 5.32 Å². The fraction of sp³-hybridized carbons (Fsp3) is 0.533. The third-order valence-corrected chi connectivity index (χ3v) is 3.94. The molecule has 3 nitrogen and oxygen atoms in total. The van der Waals surface area contributed by atoms with Crippen LogP contribution in [-0.2, 0) is 17.6 Å².